The number of hydrogen-bond donors (Lipinski definition) is 3. The molecule has 2 amide bonds. The van der Waals surface area contributed by atoms with Crippen LogP contribution in [0.5, 0.6) is 0 Å². The van der Waals surface area contributed by atoms with E-state index in [2.05, 4.69) is 17.6 Å². The maximum Gasteiger partial charge on any atom is 0.257 e. The highest BCUT2D eigenvalue weighted by Crippen LogP contribution is 2.39. The lowest BCUT2D eigenvalue weighted by Crippen LogP contribution is -2.34. The first-order valence-corrected chi connectivity index (χ1v) is 9.71. The molecule has 1 aliphatic carbocycles. The summed E-state index contributed by atoms with van der Waals surface area (Å²) in [6.07, 6.45) is 2.82. The first-order valence-electron chi connectivity index (χ1n) is 8.48. The summed E-state index contributed by atoms with van der Waals surface area (Å²) in [5.74, 6) is -0.170. The zero-order valence-electron chi connectivity index (χ0n) is 14.7. The van der Waals surface area contributed by atoms with E-state index in [-0.39, 0.29) is 11.0 Å². The van der Waals surface area contributed by atoms with Crippen LogP contribution >= 0.6 is 23.6 Å². The number of carbonyl (C=O) groups is 2. The zero-order valence-corrected chi connectivity index (χ0v) is 16.4. The van der Waals surface area contributed by atoms with Gasteiger partial charge in [-0.25, -0.2) is 0 Å². The molecule has 0 aliphatic heterocycles. The summed E-state index contributed by atoms with van der Waals surface area (Å²) in [4.78, 5) is 25.5. The number of benzene rings is 1. The van der Waals surface area contributed by atoms with Crippen molar-refractivity contribution in [2.45, 2.75) is 33.1 Å². The van der Waals surface area contributed by atoms with Crippen molar-refractivity contribution in [3.63, 3.8) is 0 Å². The normalized spacial score (nSPS) is 15.8. The fourth-order valence-corrected chi connectivity index (χ4v) is 4.88. The van der Waals surface area contributed by atoms with E-state index in [9.17, 15) is 9.59 Å². The monoisotopic (exact) mass is 387 g/mol. The SMILES string of the molecule is Cc1cccc(C(=O)NC(=S)Nc2sc3c(c2C(N)=O)CCC(C)C3)c1. The van der Waals surface area contributed by atoms with Crippen LogP contribution in [-0.4, -0.2) is 16.9 Å². The number of aryl methyl sites for hydroxylation is 1. The molecular weight excluding hydrogens is 366 g/mol. The average molecular weight is 388 g/mol. The number of rotatable bonds is 3. The quantitative estimate of drug-likeness (QED) is 0.705. The number of thiophene rings is 1. The van der Waals surface area contributed by atoms with Crippen molar-refractivity contribution in [1.82, 2.24) is 5.32 Å². The van der Waals surface area contributed by atoms with Crippen LogP contribution < -0.4 is 16.4 Å². The van der Waals surface area contributed by atoms with Crippen molar-refractivity contribution in [1.29, 1.82) is 0 Å². The third-order valence-corrected chi connectivity index (χ3v) is 5.87. The maximum absolute atomic E-state index is 12.3. The number of thiocarbonyl (C=S) groups is 1. The molecule has 1 atom stereocenters. The largest absolute Gasteiger partial charge is 0.365 e. The van der Waals surface area contributed by atoms with Gasteiger partial charge in [0.15, 0.2) is 5.11 Å². The number of anilines is 1. The van der Waals surface area contributed by atoms with Crippen LogP contribution in [0, 0.1) is 12.8 Å². The lowest BCUT2D eigenvalue weighted by molar-refractivity contribution is 0.0975. The van der Waals surface area contributed by atoms with Gasteiger partial charge in [-0.05, 0) is 62.0 Å². The Bertz CT molecular complexity index is 889. The van der Waals surface area contributed by atoms with Gasteiger partial charge in [0.05, 0.1) is 5.56 Å². The molecule has 3 rings (SSSR count). The van der Waals surface area contributed by atoms with Crippen molar-refractivity contribution in [2.24, 2.45) is 11.7 Å². The Balaban J connectivity index is 1.77. The van der Waals surface area contributed by atoms with Crippen LogP contribution in [0.3, 0.4) is 0 Å². The van der Waals surface area contributed by atoms with Gasteiger partial charge < -0.3 is 11.1 Å². The van der Waals surface area contributed by atoms with Crippen LogP contribution in [0.1, 0.15) is 50.1 Å². The second-order valence-corrected chi connectivity index (χ2v) is 8.21. The van der Waals surface area contributed by atoms with Crippen molar-refractivity contribution in [2.75, 3.05) is 5.32 Å². The number of nitrogens with one attached hydrogen (secondary N) is 2. The summed E-state index contributed by atoms with van der Waals surface area (Å²) in [6.45, 7) is 4.12. The molecule has 1 aliphatic rings. The Morgan fingerprint density at radius 2 is 2.12 bits per heavy atom. The molecule has 1 unspecified atom stereocenters. The van der Waals surface area contributed by atoms with Gasteiger partial charge in [-0.15, -0.1) is 11.3 Å². The third kappa shape index (κ3) is 3.94. The van der Waals surface area contributed by atoms with E-state index < -0.39 is 5.91 Å². The number of amides is 2. The molecule has 0 saturated carbocycles. The predicted molar refractivity (Wildman–Crippen MR) is 109 cm³/mol. The van der Waals surface area contributed by atoms with Gasteiger partial charge in [0, 0.05) is 10.4 Å². The van der Waals surface area contributed by atoms with E-state index >= 15 is 0 Å². The fourth-order valence-electron chi connectivity index (χ4n) is 3.20. The van der Waals surface area contributed by atoms with Gasteiger partial charge in [0.2, 0.25) is 0 Å². The number of fused-ring (bicyclic) bond motifs is 1. The van der Waals surface area contributed by atoms with Gasteiger partial charge >= 0.3 is 0 Å². The Labute approximate surface area is 162 Å². The Hall–Kier alpha value is -2.25. The summed E-state index contributed by atoms with van der Waals surface area (Å²) in [5.41, 5.74) is 8.65. The number of nitrogens with two attached hydrogens (primary N) is 1. The fraction of sp³-hybridized carbons (Fsp3) is 0.316. The van der Waals surface area contributed by atoms with E-state index in [1.807, 2.05) is 19.1 Å². The third-order valence-electron chi connectivity index (χ3n) is 4.49. The Morgan fingerprint density at radius 1 is 1.35 bits per heavy atom. The smallest absolute Gasteiger partial charge is 0.257 e. The van der Waals surface area contributed by atoms with Gasteiger partial charge in [-0.1, -0.05) is 24.6 Å². The number of hydrogen-bond acceptors (Lipinski definition) is 4. The number of primary amides is 1. The summed E-state index contributed by atoms with van der Waals surface area (Å²) in [5, 5.41) is 6.43. The highest BCUT2D eigenvalue weighted by Gasteiger charge is 2.27. The summed E-state index contributed by atoms with van der Waals surface area (Å²) >= 11 is 6.76. The molecule has 0 radical (unpaired) electrons. The summed E-state index contributed by atoms with van der Waals surface area (Å²) < 4.78 is 0. The predicted octanol–water partition coefficient (Wildman–Crippen LogP) is 3.41. The van der Waals surface area contributed by atoms with Crippen molar-refractivity contribution in [3.8, 4) is 0 Å². The molecule has 1 aromatic carbocycles. The maximum atomic E-state index is 12.3. The second kappa shape index (κ2) is 7.55. The molecule has 0 fully saturated rings. The Kier molecular flexibility index (Phi) is 5.38. The summed E-state index contributed by atoms with van der Waals surface area (Å²) in [7, 11) is 0. The first-order chi connectivity index (χ1) is 12.3. The summed E-state index contributed by atoms with van der Waals surface area (Å²) in [6, 6.07) is 7.26. The highest BCUT2D eigenvalue weighted by molar-refractivity contribution is 7.80. The van der Waals surface area contributed by atoms with E-state index in [0.29, 0.717) is 22.0 Å². The van der Waals surface area contributed by atoms with E-state index in [0.717, 1.165) is 30.4 Å². The molecule has 0 spiro atoms. The minimum absolute atomic E-state index is 0.158. The zero-order chi connectivity index (χ0) is 18.8. The minimum atomic E-state index is -0.465. The van der Waals surface area contributed by atoms with Gasteiger partial charge in [-0.2, -0.15) is 0 Å². The van der Waals surface area contributed by atoms with Crippen molar-refractivity contribution < 1.29 is 9.59 Å². The van der Waals surface area contributed by atoms with Crippen LogP contribution in [0.4, 0.5) is 5.00 Å². The lowest BCUT2D eigenvalue weighted by Gasteiger charge is -2.18. The minimum Gasteiger partial charge on any atom is -0.365 e. The topological polar surface area (TPSA) is 84.2 Å². The lowest BCUT2D eigenvalue weighted by atomic mass is 9.88. The van der Waals surface area contributed by atoms with Gasteiger partial charge in [0.25, 0.3) is 11.8 Å². The van der Waals surface area contributed by atoms with Crippen LogP contribution in [0.15, 0.2) is 24.3 Å². The second-order valence-electron chi connectivity index (χ2n) is 6.70. The molecule has 4 N–H and O–H groups in total. The molecule has 0 bridgehead atoms. The van der Waals surface area contributed by atoms with Crippen LogP contribution in [0.2, 0.25) is 0 Å². The van der Waals surface area contributed by atoms with Crippen molar-refractivity contribution in [3.05, 3.63) is 51.4 Å². The molecule has 7 heteroatoms. The molecule has 1 heterocycles. The first kappa shape index (κ1) is 18.5. The number of carbonyl (C=O) groups excluding carboxylic acids is 2. The van der Waals surface area contributed by atoms with E-state index in [1.54, 1.807) is 12.1 Å². The Morgan fingerprint density at radius 3 is 2.81 bits per heavy atom. The molecule has 26 heavy (non-hydrogen) atoms. The molecule has 0 saturated heterocycles. The van der Waals surface area contributed by atoms with E-state index in [4.69, 9.17) is 18.0 Å². The molecule has 1 aromatic heterocycles. The standard InChI is InChI=1S/C19H21N3O2S2/c1-10-4-3-5-12(8-10)17(24)21-19(25)22-18-15(16(20)23)13-7-6-11(2)9-14(13)26-18/h3-5,8,11H,6-7,9H2,1-2H3,(H2,20,23)(H2,21,22,24,25). The van der Waals surface area contributed by atoms with Crippen molar-refractivity contribution >= 4 is 45.5 Å². The van der Waals surface area contributed by atoms with E-state index in [1.165, 1.54) is 16.2 Å². The molecule has 2 aromatic rings. The van der Waals surface area contributed by atoms with Crippen LogP contribution in [-0.2, 0) is 12.8 Å². The molecule has 5 nitrogen and oxygen atoms in total. The highest BCUT2D eigenvalue weighted by atomic mass is 32.1. The van der Waals surface area contributed by atoms with Gasteiger partial charge in [-0.3, -0.25) is 14.9 Å². The molecular formula is C19H21N3O2S2. The average Bonchev–Trinajstić information content (AvgIpc) is 2.91. The van der Waals surface area contributed by atoms with Gasteiger partial charge in [0.1, 0.15) is 5.00 Å². The molecule has 136 valence electrons. The van der Waals surface area contributed by atoms with Crippen LogP contribution in [0.25, 0.3) is 0 Å².